The van der Waals surface area contributed by atoms with Crippen molar-refractivity contribution in [2.45, 2.75) is 13.8 Å². The number of carbonyl (C=O) groups is 1. The number of aryl methyl sites for hydroxylation is 2. The van der Waals surface area contributed by atoms with Gasteiger partial charge in [-0.05, 0) is 55.3 Å². The van der Waals surface area contributed by atoms with Gasteiger partial charge in [0.15, 0.2) is 5.82 Å². The molecule has 0 unspecified atom stereocenters. The van der Waals surface area contributed by atoms with Gasteiger partial charge in [0.2, 0.25) is 5.95 Å². The van der Waals surface area contributed by atoms with Gasteiger partial charge in [0.05, 0.1) is 7.11 Å². The van der Waals surface area contributed by atoms with E-state index in [1.807, 2.05) is 32.0 Å². The van der Waals surface area contributed by atoms with E-state index in [1.54, 1.807) is 31.4 Å². The topological polar surface area (TPSA) is 83.0 Å². The molecule has 0 aliphatic heterocycles. The maximum absolute atomic E-state index is 12.6. The van der Waals surface area contributed by atoms with Gasteiger partial charge >= 0.3 is 0 Å². The van der Waals surface area contributed by atoms with Crippen LogP contribution in [0.5, 0.6) is 5.75 Å². The van der Waals surface area contributed by atoms with Crippen molar-refractivity contribution in [3.05, 3.63) is 59.2 Å². The summed E-state index contributed by atoms with van der Waals surface area (Å²) in [6.45, 7) is 4.05. The molecule has 0 aliphatic rings. The van der Waals surface area contributed by atoms with Gasteiger partial charge in [0.25, 0.3) is 5.91 Å². The lowest BCUT2D eigenvalue weighted by atomic mass is 10.1. The van der Waals surface area contributed by atoms with Crippen molar-refractivity contribution in [3.63, 3.8) is 0 Å². The molecule has 3 rings (SSSR count). The minimum atomic E-state index is -0.335. The van der Waals surface area contributed by atoms with Crippen molar-refractivity contribution in [2.75, 3.05) is 12.8 Å². The molecule has 2 N–H and O–H groups in total. The number of anilines is 1. The summed E-state index contributed by atoms with van der Waals surface area (Å²) in [6.07, 6.45) is 0. The van der Waals surface area contributed by atoms with Crippen LogP contribution in [0.25, 0.3) is 11.4 Å². The van der Waals surface area contributed by atoms with E-state index in [4.69, 9.17) is 10.5 Å². The summed E-state index contributed by atoms with van der Waals surface area (Å²) in [6, 6.07) is 12.6. The van der Waals surface area contributed by atoms with Gasteiger partial charge in [0, 0.05) is 11.1 Å². The fourth-order valence-electron chi connectivity index (χ4n) is 2.33. The summed E-state index contributed by atoms with van der Waals surface area (Å²) in [7, 11) is 1.57. The second-order valence-electron chi connectivity index (χ2n) is 5.54. The van der Waals surface area contributed by atoms with Crippen LogP contribution in [-0.4, -0.2) is 27.8 Å². The molecule has 2 aromatic carbocycles. The van der Waals surface area contributed by atoms with Gasteiger partial charge < -0.3 is 10.5 Å². The average molecular weight is 322 g/mol. The first-order valence-corrected chi connectivity index (χ1v) is 7.48. The highest BCUT2D eigenvalue weighted by molar-refractivity contribution is 5.97. The summed E-state index contributed by atoms with van der Waals surface area (Å²) < 4.78 is 6.21. The van der Waals surface area contributed by atoms with Crippen molar-refractivity contribution < 1.29 is 9.53 Å². The highest BCUT2D eigenvalue weighted by Gasteiger charge is 2.17. The van der Waals surface area contributed by atoms with Crippen LogP contribution in [0.3, 0.4) is 0 Å². The summed E-state index contributed by atoms with van der Waals surface area (Å²) in [4.78, 5) is 16.8. The zero-order valence-corrected chi connectivity index (χ0v) is 13.8. The molecule has 0 bridgehead atoms. The van der Waals surface area contributed by atoms with E-state index in [0.29, 0.717) is 17.1 Å². The van der Waals surface area contributed by atoms with E-state index in [1.165, 1.54) is 5.56 Å². The van der Waals surface area contributed by atoms with Crippen LogP contribution in [0.2, 0.25) is 0 Å². The predicted molar refractivity (Wildman–Crippen MR) is 92.1 cm³/mol. The molecule has 0 fully saturated rings. The highest BCUT2D eigenvalue weighted by atomic mass is 16.5. The molecular weight excluding hydrogens is 304 g/mol. The Morgan fingerprint density at radius 3 is 2.42 bits per heavy atom. The normalized spacial score (nSPS) is 10.6. The number of carbonyl (C=O) groups excluding carboxylic acids is 1. The molecule has 0 aliphatic carbocycles. The first kappa shape index (κ1) is 15.7. The monoisotopic (exact) mass is 322 g/mol. The Hall–Kier alpha value is -3.15. The molecule has 0 saturated carbocycles. The number of benzene rings is 2. The summed E-state index contributed by atoms with van der Waals surface area (Å²) in [5.74, 6) is 0.827. The molecule has 122 valence electrons. The molecule has 0 radical (unpaired) electrons. The molecule has 1 heterocycles. The zero-order valence-electron chi connectivity index (χ0n) is 13.8. The minimum Gasteiger partial charge on any atom is -0.497 e. The van der Waals surface area contributed by atoms with Crippen molar-refractivity contribution >= 4 is 11.9 Å². The number of rotatable bonds is 3. The van der Waals surface area contributed by atoms with Crippen LogP contribution in [-0.2, 0) is 0 Å². The number of aromatic nitrogens is 3. The largest absolute Gasteiger partial charge is 0.497 e. The fraction of sp³-hybridized carbons (Fsp3) is 0.167. The Morgan fingerprint density at radius 1 is 1.08 bits per heavy atom. The number of methoxy groups -OCH3 is 1. The number of hydrogen-bond acceptors (Lipinski definition) is 5. The van der Waals surface area contributed by atoms with Gasteiger partial charge in [-0.2, -0.15) is 9.67 Å². The standard InChI is InChI=1S/C18H18N4O2/c1-11-4-5-14(10-12(11)2)16-20-18(19)22(21-16)17(23)13-6-8-15(24-3)9-7-13/h4-10H,1-3H3,(H2,19,20,21). The molecule has 6 heteroatoms. The fourth-order valence-corrected chi connectivity index (χ4v) is 2.33. The lowest BCUT2D eigenvalue weighted by Gasteiger charge is -2.03. The second-order valence-corrected chi connectivity index (χ2v) is 5.54. The van der Waals surface area contributed by atoms with Crippen molar-refractivity contribution in [2.24, 2.45) is 0 Å². The van der Waals surface area contributed by atoms with Gasteiger partial charge in [-0.3, -0.25) is 4.79 Å². The first-order valence-electron chi connectivity index (χ1n) is 7.48. The SMILES string of the molecule is COc1ccc(C(=O)n2nc(-c3ccc(C)c(C)c3)nc2N)cc1. The van der Waals surface area contributed by atoms with Crippen LogP contribution in [0.15, 0.2) is 42.5 Å². The highest BCUT2D eigenvalue weighted by Crippen LogP contribution is 2.21. The Bertz CT molecular complexity index is 898. The lowest BCUT2D eigenvalue weighted by Crippen LogP contribution is -2.16. The molecule has 0 atom stereocenters. The Kier molecular flexibility index (Phi) is 4.04. The number of hydrogen-bond donors (Lipinski definition) is 1. The summed E-state index contributed by atoms with van der Waals surface area (Å²) >= 11 is 0. The van der Waals surface area contributed by atoms with Crippen LogP contribution >= 0.6 is 0 Å². The van der Waals surface area contributed by atoms with Gasteiger partial charge in [-0.1, -0.05) is 12.1 Å². The third kappa shape index (κ3) is 2.86. The lowest BCUT2D eigenvalue weighted by molar-refractivity contribution is 0.0948. The van der Waals surface area contributed by atoms with Crippen LogP contribution in [0.1, 0.15) is 21.5 Å². The number of nitrogens with two attached hydrogens (primary N) is 1. The molecular formula is C18H18N4O2. The molecule has 6 nitrogen and oxygen atoms in total. The van der Waals surface area contributed by atoms with Crippen molar-refractivity contribution in [1.29, 1.82) is 0 Å². The first-order chi connectivity index (χ1) is 11.5. The van der Waals surface area contributed by atoms with Gasteiger partial charge in [-0.25, -0.2) is 0 Å². The third-order valence-electron chi connectivity index (χ3n) is 3.93. The van der Waals surface area contributed by atoms with E-state index in [-0.39, 0.29) is 11.9 Å². The Labute approximate surface area is 139 Å². The Balaban J connectivity index is 1.95. The van der Waals surface area contributed by atoms with Crippen LogP contribution in [0, 0.1) is 13.8 Å². The quantitative estimate of drug-likeness (QED) is 0.801. The van der Waals surface area contributed by atoms with E-state index in [9.17, 15) is 4.79 Å². The maximum atomic E-state index is 12.6. The van der Waals surface area contributed by atoms with Gasteiger partial charge in [-0.15, -0.1) is 5.10 Å². The van der Waals surface area contributed by atoms with E-state index in [0.717, 1.165) is 15.8 Å². The summed E-state index contributed by atoms with van der Waals surface area (Å²) in [5, 5.41) is 4.27. The molecule has 1 aromatic heterocycles. The van der Waals surface area contributed by atoms with Crippen molar-refractivity contribution in [3.8, 4) is 17.1 Å². The second kappa shape index (κ2) is 6.16. The number of nitrogens with zero attached hydrogens (tertiary/aromatic N) is 3. The maximum Gasteiger partial charge on any atom is 0.281 e. The number of nitrogen functional groups attached to an aromatic ring is 1. The smallest absolute Gasteiger partial charge is 0.281 e. The summed E-state index contributed by atoms with van der Waals surface area (Å²) in [5.41, 5.74) is 9.48. The van der Waals surface area contributed by atoms with Crippen LogP contribution in [0.4, 0.5) is 5.95 Å². The molecule has 3 aromatic rings. The van der Waals surface area contributed by atoms with Crippen LogP contribution < -0.4 is 10.5 Å². The Morgan fingerprint density at radius 2 is 1.79 bits per heavy atom. The van der Waals surface area contributed by atoms with E-state index < -0.39 is 0 Å². The third-order valence-corrected chi connectivity index (χ3v) is 3.93. The molecule has 24 heavy (non-hydrogen) atoms. The molecule has 0 spiro atoms. The average Bonchev–Trinajstić information content (AvgIpc) is 2.98. The van der Waals surface area contributed by atoms with E-state index >= 15 is 0 Å². The van der Waals surface area contributed by atoms with E-state index in [2.05, 4.69) is 10.1 Å². The molecule has 0 amide bonds. The molecule has 0 saturated heterocycles. The van der Waals surface area contributed by atoms with Crippen molar-refractivity contribution in [1.82, 2.24) is 14.8 Å². The van der Waals surface area contributed by atoms with Gasteiger partial charge in [0.1, 0.15) is 5.75 Å². The predicted octanol–water partition coefficient (Wildman–Crippen LogP) is 2.84. The zero-order chi connectivity index (χ0) is 17.3. The minimum absolute atomic E-state index is 0.0593. The number of ether oxygens (including phenoxy) is 1.